The fourth-order valence-electron chi connectivity index (χ4n) is 3.66. The minimum atomic E-state index is 0. The number of benzene rings is 1. The average Bonchev–Trinajstić information content (AvgIpc) is 3.03. The second-order valence-electron chi connectivity index (χ2n) is 7.34. The van der Waals surface area contributed by atoms with Gasteiger partial charge in [0.25, 0.3) is 0 Å². The number of halogens is 1. The van der Waals surface area contributed by atoms with Crippen molar-refractivity contribution in [2.24, 2.45) is 4.99 Å². The number of guanidine groups is 1. The maximum Gasteiger partial charge on any atom is 0.193 e. The fourth-order valence-corrected chi connectivity index (χ4v) is 3.66. The van der Waals surface area contributed by atoms with Crippen LogP contribution in [0.25, 0.3) is 6.08 Å². The van der Waals surface area contributed by atoms with E-state index in [2.05, 4.69) is 58.7 Å². The zero-order chi connectivity index (χ0) is 19.8. The van der Waals surface area contributed by atoms with E-state index < -0.39 is 0 Å². The molecule has 158 valence electrons. The van der Waals surface area contributed by atoms with Gasteiger partial charge >= 0.3 is 0 Å². The summed E-state index contributed by atoms with van der Waals surface area (Å²) in [5, 5.41) is 7.49. The standard InChI is InChI=1S/C23H32N4O.HI/c1-4-24-23(25-14-8-11-22-18(2)26-28-19(22)3)27-15-12-21(13-16-27)17-20-9-6-5-7-10-20;/h5-7,9-10,17H,4,8,11-16H2,1-3H3,(H,24,25);1H. The predicted octanol–water partition coefficient (Wildman–Crippen LogP) is 4.99. The number of likely N-dealkylation sites (tertiary alicyclic amines) is 1. The molecule has 2 heterocycles. The third-order valence-electron chi connectivity index (χ3n) is 5.24. The zero-order valence-electron chi connectivity index (χ0n) is 17.8. The highest BCUT2D eigenvalue weighted by molar-refractivity contribution is 14.0. The SMILES string of the molecule is CCNC(=NCCCc1c(C)noc1C)N1CCC(=Cc2ccccc2)CC1.I. The molecule has 6 heteroatoms. The van der Waals surface area contributed by atoms with Crippen molar-refractivity contribution in [3.63, 3.8) is 0 Å². The Hall–Kier alpha value is -1.83. The summed E-state index contributed by atoms with van der Waals surface area (Å²) in [7, 11) is 0. The molecule has 0 saturated carbocycles. The summed E-state index contributed by atoms with van der Waals surface area (Å²) in [5.41, 5.74) is 5.05. The van der Waals surface area contributed by atoms with Crippen molar-refractivity contribution in [3.05, 3.63) is 58.5 Å². The van der Waals surface area contributed by atoms with Gasteiger partial charge in [-0.1, -0.05) is 47.1 Å². The van der Waals surface area contributed by atoms with E-state index in [9.17, 15) is 0 Å². The molecule has 5 nitrogen and oxygen atoms in total. The second kappa shape index (κ2) is 12.0. The molecule has 0 amide bonds. The van der Waals surface area contributed by atoms with Gasteiger partial charge in [-0.05, 0) is 52.0 Å². The maximum absolute atomic E-state index is 5.25. The van der Waals surface area contributed by atoms with Crippen molar-refractivity contribution in [1.29, 1.82) is 0 Å². The Bertz CT molecular complexity index is 784. The highest BCUT2D eigenvalue weighted by Gasteiger charge is 2.17. The van der Waals surface area contributed by atoms with Crippen LogP contribution in [0.2, 0.25) is 0 Å². The van der Waals surface area contributed by atoms with E-state index in [1.807, 2.05) is 13.8 Å². The largest absolute Gasteiger partial charge is 0.361 e. The summed E-state index contributed by atoms with van der Waals surface area (Å²) in [4.78, 5) is 7.26. The first-order valence-electron chi connectivity index (χ1n) is 10.4. The molecule has 1 saturated heterocycles. The van der Waals surface area contributed by atoms with Crippen molar-refractivity contribution in [3.8, 4) is 0 Å². The van der Waals surface area contributed by atoms with Gasteiger partial charge in [-0.2, -0.15) is 0 Å². The number of hydrogen-bond acceptors (Lipinski definition) is 3. The third kappa shape index (κ3) is 6.87. The Kier molecular flexibility index (Phi) is 9.70. The molecule has 1 fully saturated rings. The smallest absolute Gasteiger partial charge is 0.193 e. The first kappa shape index (κ1) is 23.4. The molecular weight excluding hydrogens is 475 g/mol. The summed E-state index contributed by atoms with van der Waals surface area (Å²) in [6.45, 7) is 9.87. The Balaban J connectivity index is 0.00000300. The Morgan fingerprint density at radius 1 is 1.21 bits per heavy atom. The molecule has 0 radical (unpaired) electrons. The first-order valence-corrected chi connectivity index (χ1v) is 10.4. The van der Waals surface area contributed by atoms with Gasteiger partial charge in [0.05, 0.1) is 5.69 Å². The molecule has 2 aromatic rings. The number of piperidine rings is 1. The molecule has 29 heavy (non-hydrogen) atoms. The van der Waals surface area contributed by atoms with E-state index in [1.165, 1.54) is 16.7 Å². The minimum Gasteiger partial charge on any atom is -0.361 e. The lowest BCUT2D eigenvalue weighted by Gasteiger charge is -2.31. The summed E-state index contributed by atoms with van der Waals surface area (Å²) >= 11 is 0. The van der Waals surface area contributed by atoms with E-state index in [0.717, 1.165) is 69.3 Å². The Morgan fingerprint density at radius 3 is 2.55 bits per heavy atom. The van der Waals surface area contributed by atoms with Gasteiger partial charge in [0.15, 0.2) is 5.96 Å². The summed E-state index contributed by atoms with van der Waals surface area (Å²) < 4.78 is 5.25. The van der Waals surface area contributed by atoms with Crippen molar-refractivity contribution >= 4 is 36.0 Å². The van der Waals surface area contributed by atoms with Gasteiger partial charge < -0.3 is 14.7 Å². The van der Waals surface area contributed by atoms with Crippen molar-refractivity contribution in [1.82, 2.24) is 15.4 Å². The summed E-state index contributed by atoms with van der Waals surface area (Å²) in [6.07, 6.45) is 6.50. The van der Waals surface area contributed by atoms with Crippen molar-refractivity contribution in [2.45, 2.75) is 46.5 Å². The fraction of sp³-hybridized carbons (Fsp3) is 0.478. The van der Waals surface area contributed by atoms with Crippen LogP contribution in [0, 0.1) is 13.8 Å². The van der Waals surface area contributed by atoms with Crippen LogP contribution in [0.3, 0.4) is 0 Å². The molecular formula is C23H33IN4O. The van der Waals surface area contributed by atoms with Gasteiger partial charge in [0.1, 0.15) is 5.76 Å². The Labute approximate surface area is 191 Å². The maximum atomic E-state index is 5.25. The van der Waals surface area contributed by atoms with Crippen LogP contribution in [0.5, 0.6) is 0 Å². The van der Waals surface area contributed by atoms with Crippen LogP contribution in [-0.2, 0) is 6.42 Å². The van der Waals surface area contributed by atoms with E-state index in [1.54, 1.807) is 0 Å². The lowest BCUT2D eigenvalue weighted by atomic mass is 10.0. The van der Waals surface area contributed by atoms with Gasteiger partial charge in [-0.15, -0.1) is 24.0 Å². The van der Waals surface area contributed by atoms with Crippen molar-refractivity contribution in [2.75, 3.05) is 26.2 Å². The number of aryl methyl sites for hydroxylation is 2. The Morgan fingerprint density at radius 2 is 1.93 bits per heavy atom. The first-order chi connectivity index (χ1) is 13.7. The highest BCUT2D eigenvalue weighted by atomic mass is 127. The van der Waals surface area contributed by atoms with Crippen molar-refractivity contribution < 1.29 is 4.52 Å². The average molecular weight is 508 g/mol. The van der Waals surface area contributed by atoms with E-state index in [0.29, 0.717) is 0 Å². The lowest BCUT2D eigenvalue weighted by Crippen LogP contribution is -2.44. The van der Waals surface area contributed by atoms with Crippen LogP contribution in [0.1, 0.15) is 48.8 Å². The molecule has 1 aliphatic heterocycles. The zero-order valence-corrected chi connectivity index (χ0v) is 20.1. The molecule has 1 aliphatic rings. The number of nitrogens with zero attached hydrogens (tertiary/aromatic N) is 3. The van der Waals surface area contributed by atoms with E-state index >= 15 is 0 Å². The van der Waals surface area contributed by atoms with Crippen LogP contribution in [-0.4, -0.2) is 42.2 Å². The summed E-state index contributed by atoms with van der Waals surface area (Å²) in [5.74, 6) is 1.97. The number of aromatic nitrogens is 1. The molecule has 0 spiro atoms. The molecule has 0 unspecified atom stereocenters. The molecule has 0 bridgehead atoms. The normalized spacial score (nSPS) is 14.5. The van der Waals surface area contributed by atoms with E-state index in [4.69, 9.17) is 9.52 Å². The van der Waals surface area contributed by atoms with Crippen LogP contribution in [0.15, 0.2) is 45.4 Å². The number of nitrogens with one attached hydrogen (secondary N) is 1. The molecule has 0 atom stereocenters. The third-order valence-corrected chi connectivity index (χ3v) is 5.24. The highest BCUT2D eigenvalue weighted by Crippen LogP contribution is 2.20. The van der Waals surface area contributed by atoms with E-state index in [-0.39, 0.29) is 24.0 Å². The van der Waals surface area contributed by atoms with Gasteiger partial charge in [0, 0.05) is 31.7 Å². The topological polar surface area (TPSA) is 53.7 Å². The van der Waals surface area contributed by atoms with Crippen LogP contribution >= 0.6 is 24.0 Å². The molecule has 1 N–H and O–H groups in total. The van der Waals surface area contributed by atoms with Gasteiger partial charge in [-0.25, -0.2) is 0 Å². The molecule has 3 rings (SSSR count). The number of rotatable bonds is 6. The van der Waals surface area contributed by atoms with Crippen LogP contribution < -0.4 is 5.32 Å². The number of hydrogen-bond donors (Lipinski definition) is 1. The monoisotopic (exact) mass is 508 g/mol. The summed E-state index contributed by atoms with van der Waals surface area (Å²) in [6, 6.07) is 10.6. The van der Waals surface area contributed by atoms with Gasteiger partial charge in [-0.3, -0.25) is 4.99 Å². The number of aliphatic imine (C=N–C) groups is 1. The molecule has 1 aromatic heterocycles. The molecule has 0 aliphatic carbocycles. The molecule has 1 aromatic carbocycles. The lowest BCUT2D eigenvalue weighted by molar-refractivity contribution is 0.375. The predicted molar refractivity (Wildman–Crippen MR) is 131 cm³/mol. The second-order valence-corrected chi connectivity index (χ2v) is 7.34. The quantitative estimate of drug-likeness (QED) is 0.259. The van der Waals surface area contributed by atoms with Crippen LogP contribution in [0.4, 0.5) is 0 Å². The minimum absolute atomic E-state index is 0. The van der Waals surface area contributed by atoms with Gasteiger partial charge in [0.2, 0.25) is 0 Å².